The normalized spacial score (nSPS) is 14.2. The number of hydrogen-bond donors (Lipinski definition) is 1. The summed E-state index contributed by atoms with van der Waals surface area (Å²) >= 11 is 0. The zero-order chi connectivity index (χ0) is 11.1. The van der Waals surface area contributed by atoms with E-state index in [0.717, 1.165) is 25.1 Å². The zero-order valence-corrected chi connectivity index (χ0v) is 9.33. The van der Waals surface area contributed by atoms with Gasteiger partial charge in [0, 0.05) is 6.20 Å². The fourth-order valence-corrected chi connectivity index (χ4v) is 1.66. The molecule has 0 spiro atoms. The molecule has 0 aliphatic carbocycles. The van der Waals surface area contributed by atoms with Gasteiger partial charge in [0.25, 0.3) is 0 Å². The number of hydrogen-bond acceptors (Lipinski definition) is 3. The van der Waals surface area contributed by atoms with E-state index in [1.807, 2.05) is 32.2 Å². The molecule has 1 unspecified atom stereocenters. The molecule has 1 heterocycles. The largest absolute Gasteiger partial charge is 0.320 e. The van der Waals surface area contributed by atoms with Crippen LogP contribution in [0.5, 0.6) is 0 Å². The topological polar surface area (TPSA) is 48.7 Å². The molecular weight excluding hydrogens is 186 g/mol. The predicted molar refractivity (Wildman–Crippen MR) is 60.4 cm³/mol. The van der Waals surface area contributed by atoms with Gasteiger partial charge in [-0.05, 0) is 38.6 Å². The first-order valence-electron chi connectivity index (χ1n) is 5.26. The van der Waals surface area contributed by atoms with E-state index in [4.69, 9.17) is 0 Å². The summed E-state index contributed by atoms with van der Waals surface area (Å²) in [5, 5.41) is 12.4. The summed E-state index contributed by atoms with van der Waals surface area (Å²) in [7, 11) is 1.90. The van der Waals surface area contributed by atoms with Crippen LogP contribution in [0.3, 0.4) is 0 Å². The maximum absolute atomic E-state index is 9.34. The molecule has 0 aromatic carbocycles. The SMILES string of the molecule is CCC(C#N)(CCNC)c1ccccn1. The highest BCUT2D eigenvalue weighted by atomic mass is 14.8. The smallest absolute Gasteiger partial charge is 0.100 e. The minimum absolute atomic E-state index is 0.440. The molecule has 1 N–H and O–H groups in total. The minimum Gasteiger partial charge on any atom is -0.320 e. The van der Waals surface area contributed by atoms with E-state index in [2.05, 4.69) is 16.4 Å². The quantitative estimate of drug-likeness (QED) is 0.794. The van der Waals surface area contributed by atoms with Crippen molar-refractivity contribution in [3.63, 3.8) is 0 Å². The molecule has 3 nitrogen and oxygen atoms in total. The summed E-state index contributed by atoms with van der Waals surface area (Å²) in [5.41, 5.74) is 0.440. The third kappa shape index (κ3) is 2.54. The Balaban J connectivity index is 2.96. The maximum Gasteiger partial charge on any atom is 0.100 e. The summed E-state index contributed by atoms with van der Waals surface area (Å²) in [6.07, 6.45) is 3.34. The summed E-state index contributed by atoms with van der Waals surface area (Å²) in [4.78, 5) is 4.30. The van der Waals surface area contributed by atoms with Gasteiger partial charge in [0.2, 0.25) is 0 Å². The van der Waals surface area contributed by atoms with Crippen molar-refractivity contribution in [2.75, 3.05) is 13.6 Å². The number of nitrogens with zero attached hydrogens (tertiary/aromatic N) is 2. The van der Waals surface area contributed by atoms with Crippen molar-refractivity contribution in [3.05, 3.63) is 30.1 Å². The molecule has 15 heavy (non-hydrogen) atoms. The van der Waals surface area contributed by atoms with Crippen LogP contribution < -0.4 is 5.32 Å². The van der Waals surface area contributed by atoms with E-state index in [9.17, 15) is 5.26 Å². The highest BCUT2D eigenvalue weighted by Crippen LogP contribution is 2.28. The van der Waals surface area contributed by atoms with Crippen molar-refractivity contribution in [2.45, 2.75) is 25.2 Å². The molecule has 1 aromatic heterocycles. The molecule has 1 aromatic rings. The van der Waals surface area contributed by atoms with Gasteiger partial charge in [-0.2, -0.15) is 5.26 Å². The molecule has 0 amide bonds. The molecule has 0 fully saturated rings. The number of aromatic nitrogens is 1. The lowest BCUT2D eigenvalue weighted by Gasteiger charge is -2.24. The van der Waals surface area contributed by atoms with Gasteiger partial charge in [0.1, 0.15) is 5.41 Å². The van der Waals surface area contributed by atoms with Crippen LogP contribution in [0.25, 0.3) is 0 Å². The minimum atomic E-state index is -0.440. The molecule has 1 rings (SSSR count). The van der Waals surface area contributed by atoms with E-state index in [1.165, 1.54) is 0 Å². The number of rotatable bonds is 5. The van der Waals surface area contributed by atoms with Crippen molar-refractivity contribution in [2.24, 2.45) is 0 Å². The van der Waals surface area contributed by atoms with Gasteiger partial charge in [-0.1, -0.05) is 13.0 Å². The Morgan fingerprint density at radius 1 is 1.53 bits per heavy atom. The third-order valence-electron chi connectivity index (χ3n) is 2.77. The standard InChI is InChI=1S/C12H17N3/c1-3-12(10-13,7-9-14-2)11-6-4-5-8-15-11/h4-6,8,14H,3,7,9H2,1-2H3. The van der Waals surface area contributed by atoms with Crippen LogP contribution >= 0.6 is 0 Å². The monoisotopic (exact) mass is 203 g/mol. The Labute approximate surface area is 91.1 Å². The molecule has 1 atom stereocenters. The van der Waals surface area contributed by atoms with E-state index < -0.39 is 5.41 Å². The molecule has 0 saturated carbocycles. The first kappa shape index (κ1) is 11.7. The van der Waals surface area contributed by atoms with Crippen LogP contribution in [0, 0.1) is 11.3 Å². The van der Waals surface area contributed by atoms with E-state index in [-0.39, 0.29) is 0 Å². The van der Waals surface area contributed by atoms with Gasteiger partial charge in [0.15, 0.2) is 0 Å². The fourth-order valence-electron chi connectivity index (χ4n) is 1.66. The van der Waals surface area contributed by atoms with Gasteiger partial charge < -0.3 is 5.32 Å². The molecule has 0 radical (unpaired) electrons. The lowest BCUT2D eigenvalue weighted by molar-refractivity contribution is 0.463. The first-order chi connectivity index (χ1) is 7.29. The van der Waals surface area contributed by atoms with Gasteiger partial charge in [-0.3, -0.25) is 4.98 Å². The van der Waals surface area contributed by atoms with Crippen LogP contribution in [-0.2, 0) is 5.41 Å². The summed E-state index contributed by atoms with van der Waals surface area (Å²) in [6.45, 7) is 2.87. The van der Waals surface area contributed by atoms with Crippen molar-refractivity contribution >= 4 is 0 Å². The second-order valence-electron chi connectivity index (χ2n) is 3.62. The van der Waals surface area contributed by atoms with E-state index in [0.29, 0.717) is 0 Å². The lowest BCUT2D eigenvalue weighted by Crippen LogP contribution is -2.28. The summed E-state index contributed by atoms with van der Waals surface area (Å²) in [5.74, 6) is 0. The van der Waals surface area contributed by atoms with Crippen LogP contribution in [0.1, 0.15) is 25.5 Å². The van der Waals surface area contributed by atoms with Gasteiger partial charge in [-0.15, -0.1) is 0 Å². The number of nitrogens with one attached hydrogen (secondary N) is 1. The van der Waals surface area contributed by atoms with Crippen LogP contribution in [-0.4, -0.2) is 18.6 Å². The van der Waals surface area contributed by atoms with Gasteiger partial charge >= 0.3 is 0 Å². The molecular formula is C12H17N3. The molecule has 0 bridgehead atoms. The van der Waals surface area contributed by atoms with E-state index >= 15 is 0 Å². The average molecular weight is 203 g/mol. The Kier molecular flexibility index (Phi) is 4.26. The van der Waals surface area contributed by atoms with E-state index in [1.54, 1.807) is 6.20 Å². The van der Waals surface area contributed by atoms with Crippen molar-refractivity contribution in [1.82, 2.24) is 10.3 Å². The van der Waals surface area contributed by atoms with Crippen LogP contribution in [0.15, 0.2) is 24.4 Å². The molecule has 0 aliphatic rings. The summed E-state index contributed by atoms with van der Waals surface area (Å²) in [6, 6.07) is 8.16. The Morgan fingerprint density at radius 2 is 2.33 bits per heavy atom. The predicted octanol–water partition coefficient (Wildman–Crippen LogP) is 1.86. The average Bonchev–Trinajstić information content (AvgIpc) is 2.33. The first-order valence-corrected chi connectivity index (χ1v) is 5.26. The summed E-state index contributed by atoms with van der Waals surface area (Å²) < 4.78 is 0. The Morgan fingerprint density at radius 3 is 2.80 bits per heavy atom. The zero-order valence-electron chi connectivity index (χ0n) is 9.33. The van der Waals surface area contributed by atoms with Crippen molar-refractivity contribution < 1.29 is 0 Å². The highest BCUT2D eigenvalue weighted by molar-refractivity contribution is 5.25. The lowest BCUT2D eigenvalue weighted by atomic mass is 9.80. The van der Waals surface area contributed by atoms with Crippen LogP contribution in [0.4, 0.5) is 0 Å². The Hall–Kier alpha value is -1.40. The Bertz CT molecular complexity index is 328. The van der Waals surface area contributed by atoms with Crippen molar-refractivity contribution in [3.8, 4) is 6.07 Å². The number of nitriles is 1. The van der Waals surface area contributed by atoms with Crippen LogP contribution in [0.2, 0.25) is 0 Å². The third-order valence-corrected chi connectivity index (χ3v) is 2.77. The second-order valence-corrected chi connectivity index (χ2v) is 3.62. The maximum atomic E-state index is 9.34. The fraction of sp³-hybridized carbons (Fsp3) is 0.500. The highest BCUT2D eigenvalue weighted by Gasteiger charge is 2.30. The molecule has 0 saturated heterocycles. The van der Waals surface area contributed by atoms with Crippen molar-refractivity contribution in [1.29, 1.82) is 5.26 Å². The molecule has 3 heteroatoms. The molecule has 0 aliphatic heterocycles. The van der Waals surface area contributed by atoms with Gasteiger partial charge in [0.05, 0.1) is 11.8 Å². The second kappa shape index (κ2) is 5.47. The molecule has 80 valence electrons. The number of pyridine rings is 1. The van der Waals surface area contributed by atoms with Gasteiger partial charge in [-0.25, -0.2) is 0 Å².